The number of aliphatic carboxylic acids is 1. The highest BCUT2D eigenvalue weighted by Crippen LogP contribution is 2.24. The van der Waals surface area contributed by atoms with Crippen molar-refractivity contribution in [3.05, 3.63) is 28.2 Å². The molecule has 114 valence electrons. The number of halogens is 1. The summed E-state index contributed by atoms with van der Waals surface area (Å²) in [5.74, 6) is -1.64. The maximum Gasteiger partial charge on any atom is 0.338 e. The third-order valence-corrected chi connectivity index (χ3v) is 3.20. The molecule has 1 rings (SSSR count). The number of carboxylic acids is 1. The normalized spacial score (nSPS) is 10.0. The number of rotatable bonds is 7. The zero-order chi connectivity index (χ0) is 15.8. The Kier molecular flexibility index (Phi) is 6.87. The van der Waals surface area contributed by atoms with E-state index >= 15 is 0 Å². The minimum atomic E-state index is -0.928. The van der Waals surface area contributed by atoms with Gasteiger partial charge in [0.25, 0.3) is 0 Å². The summed E-state index contributed by atoms with van der Waals surface area (Å²) in [4.78, 5) is 33.6. The highest BCUT2D eigenvalue weighted by atomic mass is 79.9. The van der Waals surface area contributed by atoms with E-state index in [0.717, 1.165) is 0 Å². The largest absolute Gasteiger partial charge is 0.481 e. The van der Waals surface area contributed by atoms with Crippen LogP contribution in [0.4, 0.5) is 5.69 Å². The minimum Gasteiger partial charge on any atom is -0.481 e. The van der Waals surface area contributed by atoms with Gasteiger partial charge in [0, 0.05) is 17.3 Å². The molecule has 0 radical (unpaired) electrons. The van der Waals surface area contributed by atoms with Crippen LogP contribution in [0.2, 0.25) is 0 Å². The fraction of sp³-hybridized carbons (Fsp3) is 0.357. The van der Waals surface area contributed by atoms with Crippen LogP contribution in [0.15, 0.2) is 22.7 Å². The average Bonchev–Trinajstić information content (AvgIpc) is 2.41. The Hall–Kier alpha value is -1.89. The van der Waals surface area contributed by atoms with E-state index in [-0.39, 0.29) is 25.2 Å². The minimum absolute atomic E-state index is 0.0453. The molecule has 0 aliphatic rings. The molecule has 1 aromatic carbocycles. The van der Waals surface area contributed by atoms with Gasteiger partial charge in [0.1, 0.15) is 0 Å². The molecule has 0 fully saturated rings. The number of benzene rings is 1. The molecule has 7 heteroatoms. The Balaban J connectivity index is 2.62. The molecule has 0 aliphatic heterocycles. The number of hydrogen-bond acceptors (Lipinski definition) is 4. The van der Waals surface area contributed by atoms with E-state index in [4.69, 9.17) is 9.84 Å². The lowest BCUT2D eigenvalue weighted by Crippen LogP contribution is -2.13. The first-order valence-electron chi connectivity index (χ1n) is 6.42. The summed E-state index contributed by atoms with van der Waals surface area (Å²) in [5, 5.41) is 11.2. The van der Waals surface area contributed by atoms with E-state index < -0.39 is 11.9 Å². The van der Waals surface area contributed by atoms with Crippen LogP contribution >= 0.6 is 15.9 Å². The van der Waals surface area contributed by atoms with Crippen molar-refractivity contribution in [2.45, 2.75) is 26.2 Å². The molecule has 0 atom stereocenters. The lowest BCUT2D eigenvalue weighted by atomic mass is 10.2. The Morgan fingerprint density at radius 3 is 2.57 bits per heavy atom. The Morgan fingerprint density at radius 1 is 1.29 bits per heavy atom. The molecular formula is C14H16BrNO5. The van der Waals surface area contributed by atoms with Crippen molar-refractivity contribution in [3.63, 3.8) is 0 Å². The molecule has 21 heavy (non-hydrogen) atoms. The standard InChI is InChI=1S/C14H16BrNO5/c1-2-21-14(20)9-6-7-11(10(15)8-9)16-12(17)4-3-5-13(18)19/h6-8H,2-5H2,1H3,(H,16,17)(H,18,19). The number of carbonyl (C=O) groups is 3. The first kappa shape index (κ1) is 17.2. The van der Waals surface area contributed by atoms with Gasteiger partial charge in [-0.1, -0.05) is 0 Å². The van der Waals surface area contributed by atoms with E-state index in [2.05, 4.69) is 21.2 Å². The molecule has 1 amide bonds. The van der Waals surface area contributed by atoms with E-state index in [1.807, 2.05) is 0 Å². The van der Waals surface area contributed by atoms with Crippen molar-refractivity contribution in [2.75, 3.05) is 11.9 Å². The summed E-state index contributed by atoms with van der Waals surface area (Å²) >= 11 is 3.27. The van der Waals surface area contributed by atoms with Crippen LogP contribution in [0, 0.1) is 0 Å². The van der Waals surface area contributed by atoms with Crippen LogP contribution in [0.25, 0.3) is 0 Å². The zero-order valence-electron chi connectivity index (χ0n) is 11.5. The van der Waals surface area contributed by atoms with E-state index in [1.54, 1.807) is 25.1 Å². The highest BCUT2D eigenvalue weighted by molar-refractivity contribution is 9.10. The summed E-state index contributed by atoms with van der Waals surface area (Å²) in [6.07, 6.45) is 0.356. The molecule has 0 saturated carbocycles. The zero-order valence-corrected chi connectivity index (χ0v) is 13.1. The average molecular weight is 358 g/mol. The van der Waals surface area contributed by atoms with Gasteiger partial charge in [0.05, 0.1) is 17.9 Å². The van der Waals surface area contributed by atoms with Gasteiger partial charge in [-0.3, -0.25) is 9.59 Å². The summed E-state index contributed by atoms with van der Waals surface area (Å²) in [6.45, 7) is 2.01. The summed E-state index contributed by atoms with van der Waals surface area (Å²) in [6, 6.07) is 4.70. The number of ether oxygens (including phenoxy) is 1. The van der Waals surface area contributed by atoms with Gasteiger partial charge >= 0.3 is 11.9 Å². The number of carbonyl (C=O) groups excluding carboxylic acids is 2. The van der Waals surface area contributed by atoms with Crippen molar-refractivity contribution in [1.82, 2.24) is 0 Å². The maximum atomic E-state index is 11.7. The first-order valence-corrected chi connectivity index (χ1v) is 7.21. The van der Waals surface area contributed by atoms with Crippen LogP contribution in [0.1, 0.15) is 36.5 Å². The van der Waals surface area contributed by atoms with Crippen LogP contribution in [0.5, 0.6) is 0 Å². The van der Waals surface area contributed by atoms with E-state index in [9.17, 15) is 14.4 Å². The second-order valence-electron chi connectivity index (χ2n) is 4.21. The molecule has 1 aromatic rings. The molecule has 0 unspecified atom stereocenters. The van der Waals surface area contributed by atoms with Crippen molar-refractivity contribution in [1.29, 1.82) is 0 Å². The highest BCUT2D eigenvalue weighted by Gasteiger charge is 2.11. The fourth-order valence-electron chi connectivity index (χ4n) is 1.57. The van der Waals surface area contributed by atoms with Crippen LogP contribution in [-0.4, -0.2) is 29.6 Å². The second kappa shape index (κ2) is 8.41. The molecule has 6 nitrogen and oxygen atoms in total. The van der Waals surface area contributed by atoms with Gasteiger partial charge in [-0.15, -0.1) is 0 Å². The number of nitrogens with one attached hydrogen (secondary N) is 1. The monoisotopic (exact) mass is 357 g/mol. The van der Waals surface area contributed by atoms with Gasteiger partial charge < -0.3 is 15.2 Å². The summed E-state index contributed by atoms with van der Waals surface area (Å²) in [7, 11) is 0. The molecule has 0 aromatic heterocycles. The third kappa shape index (κ3) is 5.95. The molecule has 0 aliphatic carbocycles. The lowest BCUT2D eigenvalue weighted by Gasteiger charge is -2.09. The fourth-order valence-corrected chi connectivity index (χ4v) is 2.05. The molecule has 0 spiro atoms. The third-order valence-electron chi connectivity index (χ3n) is 2.55. The smallest absolute Gasteiger partial charge is 0.338 e. The summed E-state index contributed by atoms with van der Waals surface area (Å²) < 4.78 is 5.43. The molecule has 0 bridgehead atoms. The predicted molar refractivity (Wildman–Crippen MR) is 80.2 cm³/mol. The number of hydrogen-bond donors (Lipinski definition) is 2. The van der Waals surface area contributed by atoms with Gasteiger partial charge in [0.15, 0.2) is 0 Å². The molecular weight excluding hydrogens is 342 g/mol. The number of amides is 1. The van der Waals surface area contributed by atoms with Gasteiger partial charge in [0.2, 0.25) is 5.91 Å². The summed E-state index contributed by atoms with van der Waals surface area (Å²) in [5.41, 5.74) is 0.899. The van der Waals surface area contributed by atoms with Gasteiger partial charge in [-0.05, 0) is 47.5 Å². The Morgan fingerprint density at radius 2 is 2.00 bits per heavy atom. The Bertz CT molecular complexity index is 544. The topological polar surface area (TPSA) is 92.7 Å². The molecule has 0 heterocycles. The quantitative estimate of drug-likeness (QED) is 0.732. The van der Waals surface area contributed by atoms with E-state index in [1.165, 1.54) is 0 Å². The Labute approximate surface area is 130 Å². The number of esters is 1. The number of anilines is 1. The van der Waals surface area contributed by atoms with Crippen molar-refractivity contribution >= 4 is 39.5 Å². The predicted octanol–water partition coefficient (Wildman–Crippen LogP) is 2.82. The van der Waals surface area contributed by atoms with Gasteiger partial charge in [-0.25, -0.2) is 4.79 Å². The van der Waals surface area contributed by atoms with Crippen LogP contribution in [-0.2, 0) is 14.3 Å². The second-order valence-corrected chi connectivity index (χ2v) is 5.06. The van der Waals surface area contributed by atoms with Gasteiger partial charge in [-0.2, -0.15) is 0 Å². The lowest BCUT2D eigenvalue weighted by molar-refractivity contribution is -0.137. The van der Waals surface area contributed by atoms with Crippen LogP contribution in [0.3, 0.4) is 0 Å². The van der Waals surface area contributed by atoms with Crippen molar-refractivity contribution in [3.8, 4) is 0 Å². The molecule has 2 N–H and O–H groups in total. The SMILES string of the molecule is CCOC(=O)c1ccc(NC(=O)CCCC(=O)O)c(Br)c1. The van der Waals surface area contributed by atoms with Crippen molar-refractivity contribution < 1.29 is 24.2 Å². The first-order chi connectivity index (χ1) is 9.93. The van der Waals surface area contributed by atoms with Crippen LogP contribution < -0.4 is 5.32 Å². The number of carboxylic acid groups (broad SMARTS) is 1. The maximum absolute atomic E-state index is 11.7. The van der Waals surface area contributed by atoms with Crippen molar-refractivity contribution in [2.24, 2.45) is 0 Å². The molecule has 0 saturated heterocycles. The van der Waals surface area contributed by atoms with E-state index in [0.29, 0.717) is 22.3 Å².